The van der Waals surface area contributed by atoms with Gasteiger partial charge in [0.15, 0.2) is 6.61 Å². The third-order valence-corrected chi connectivity index (χ3v) is 7.37. The van der Waals surface area contributed by atoms with E-state index in [2.05, 4.69) is 48.9 Å². The normalized spacial score (nSPS) is 15.8. The standard InChI is InChI=1S/C30H47BrN2O5/c1-5-6-7-8-9-10-11-12-13-14-19-37-28(35)21-25-29(36)32-17-18-33(25)27(34)22-38-26-16-15-23(31)20-24(26)30(2,3)4/h15-16,20,25H,5-14,17-19,21-22H2,1-4H3,(H,32,36). The number of carbonyl (C=O) groups excluding carboxylic acids is 3. The Hall–Kier alpha value is -2.09. The molecule has 214 valence electrons. The van der Waals surface area contributed by atoms with Crippen LogP contribution in [0.2, 0.25) is 0 Å². The summed E-state index contributed by atoms with van der Waals surface area (Å²) in [6.07, 6.45) is 11.9. The molecule has 7 nitrogen and oxygen atoms in total. The Balaban J connectivity index is 1.77. The molecule has 1 unspecified atom stereocenters. The van der Waals surface area contributed by atoms with Crippen molar-refractivity contribution in [2.45, 2.75) is 110 Å². The number of rotatable bonds is 16. The highest BCUT2D eigenvalue weighted by molar-refractivity contribution is 9.10. The van der Waals surface area contributed by atoms with Crippen LogP contribution in [0.5, 0.6) is 5.75 Å². The topological polar surface area (TPSA) is 84.9 Å². The zero-order valence-electron chi connectivity index (χ0n) is 23.8. The Morgan fingerprint density at radius 2 is 1.66 bits per heavy atom. The fourth-order valence-corrected chi connectivity index (χ4v) is 5.01. The van der Waals surface area contributed by atoms with E-state index in [1.165, 1.54) is 49.8 Å². The molecule has 0 spiro atoms. The van der Waals surface area contributed by atoms with Crippen molar-refractivity contribution in [3.05, 3.63) is 28.2 Å². The van der Waals surface area contributed by atoms with Crippen LogP contribution in [0.1, 0.15) is 104 Å². The number of ether oxygens (including phenoxy) is 2. The second-order valence-electron chi connectivity index (χ2n) is 11.2. The molecule has 1 fully saturated rings. The molecule has 1 saturated heterocycles. The first-order chi connectivity index (χ1) is 18.1. The highest BCUT2D eigenvalue weighted by Crippen LogP contribution is 2.33. The monoisotopic (exact) mass is 594 g/mol. The van der Waals surface area contributed by atoms with Crippen LogP contribution in [0.4, 0.5) is 0 Å². The van der Waals surface area contributed by atoms with Crippen LogP contribution in [0, 0.1) is 0 Å². The number of carbonyl (C=O) groups is 3. The molecule has 0 saturated carbocycles. The lowest BCUT2D eigenvalue weighted by Gasteiger charge is -2.34. The second-order valence-corrected chi connectivity index (χ2v) is 12.1. The Bertz CT molecular complexity index is 899. The molecule has 38 heavy (non-hydrogen) atoms. The Kier molecular flexibility index (Phi) is 14.2. The smallest absolute Gasteiger partial charge is 0.308 e. The van der Waals surface area contributed by atoms with Gasteiger partial charge in [-0.3, -0.25) is 14.4 Å². The fraction of sp³-hybridized carbons (Fsp3) is 0.700. The molecule has 2 rings (SSSR count). The number of benzene rings is 1. The van der Waals surface area contributed by atoms with E-state index in [4.69, 9.17) is 9.47 Å². The Labute approximate surface area is 237 Å². The minimum atomic E-state index is -0.882. The predicted molar refractivity (Wildman–Crippen MR) is 154 cm³/mol. The van der Waals surface area contributed by atoms with Gasteiger partial charge in [0.1, 0.15) is 11.8 Å². The van der Waals surface area contributed by atoms with Crippen molar-refractivity contribution >= 4 is 33.7 Å². The number of hydrogen-bond donors (Lipinski definition) is 1. The molecule has 0 aromatic heterocycles. The van der Waals surface area contributed by atoms with Gasteiger partial charge in [-0.05, 0) is 30.0 Å². The highest BCUT2D eigenvalue weighted by Gasteiger charge is 2.35. The van der Waals surface area contributed by atoms with Gasteiger partial charge in [0, 0.05) is 23.1 Å². The van der Waals surface area contributed by atoms with Crippen molar-refractivity contribution in [1.82, 2.24) is 10.2 Å². The first kappa shape index (κ1) is 32.1. The van der Waals surface area contributed by atoms with Gasteiger partial charge in [0.25, 0.3) is 5.91 Å². The van der Waals surface area contributed by atoms with Gasteiger partial charge in [-0.2, -0.15) is 0 Å². The lowest BCUT2D eigenvalue weighted by Crippen LogP contribution is -2.58. The maximum Gasteiger partial charge on any atom is 0.308 e. The van der Waals surface area contributed by atoms with Crippen LogP contribution >= 0.6 is 15.9 Å². The Morgan fingerprint density at radius 3 is 2.29 bits per heavy atom. The van der Waals surface area contributed by atoms with E-state index in [-0.39, 0.29) is 30.3 Å². The van der Waals surface area contributed by atoms with Gasteiger partial charge in [-0.1, -0.05) is 101 Å². The minimum Gasteiger partial charge on any atom is -0.483 e. The van der Waals surface area contributed by atoms with Crippen molar-refractivity contribution in [1.29, 1.82) is 0 Å². The number of halogens is 1. The number of nitrogens with zero attached hydrogens (tertiary/aromatic N) is 1. The third kappa shape index (κ3) is 11.3. The summed E-state index contributed by atoms with van der Waals surface area (Å²) in [6.45, 7) is 9.29. The first-order valence-electron chi connectivity index (χ1n) is 14.3. The molecule has 0 aliphatic carbocycles. The van der Waals surface area contributed by atoms with Gasteiger partial charge in [-0.15, -0.1) is 0 Å². The number of esters is 1. The third-order valence-electron chi connectivity index (χ3n) is 6.87. The number of piperazine rings is 1. The number of amides is 2. The zero-order valence-corrected chi connectivity index (χ0v) is 25.4. The summed E-state index contributed by atoms with van der Waals surface area (Å²) in [5.74, 6) is -0.484. The summed E-state index contributed by atoms with van der Waals surface area (Å²) < 4.78 is 12.2. The van der Waals surface area contributed by atoms with E-state index < -0.39 is 12.0 Å². The molecule has 8 heteroatoms. The molecule has 1 aromatic carbocycles. The van der Waals surface area contributed by atoms with Crippen LogP contribution in [-0.4, -0.2) is 55.0 Å². The average molecular weight is 596 g/mol. The number of hydrogen-bond acceptors (Lipinski definition) is 5. The van der Waals surface area contributed by atoms with Gasteiger partial charge >= 0.3 is 5.97 Å². The molecule has 0 bridgehead atoms. The summed E-state index contributed by atoms with van der Waals surface area (Å²) in [7, 11) is 0. The molecule has 0 radical (unpaired) electrons. The van der Waals surface area contributed by atoms with E-state index in [1.54, 1.807) is 0 Å². The molecule has 1 atom stereocenters. The molecule has 1 aromatic rings. The summed E-state index contributed by atoms with van der Waals surface area (Å²) in [5.41, 5.74) is 0.802. The van der Waals surface area contributed by atoms with Crippen molar-refractivity contribution in [2.24, 2.45) is 0 Å². The molecular weight excluding hydrogens is 548 g/mol. The van der Waals surface area contributed by atoms with Crippen molar-refractivity contribution in [3.8, 4) is 5.75 Å². The van der Waals surface area contributed by atoms with Crippen LogP contribution in [-0.2, 0) is 24.5 Å². The second kappa shape index (κ2) is 16.8. The lowest BCUT2D eigenvalue weighted by atomic mass is 9.86. The molecule has 1 aliphatic heterocycles. The van der Waals surface area contributed by atoms with Crippen molar-refractivity contribution < 1.29 is 23.9 Å². The zero-order chi connectivity index (χ0) is 28.0. The number of nitrogens with one attached hydrogen (secondary N) is 1. The average Bonchev–Trinajstić information content (AvgIpc) is 2.87. The molecule has 1 aliphatic rings. The van der Waals surface area contributed by atoms with Crippen LogP contribution in [0.15, 0.2) is 22.7 Å². The molecular formula is C30H47BrN2O5. The first-order valence-corrected chi connectivity index (χ1v) is 15.1. The number of unbranched alkanes of at least 4 members (excludes halogenated alkanes) is 9. The lowest BCUT2D eigenvalue weighted by molar-refractivity contribution is -0.152. The highest BCUT2D eigenvalue weighted by atomic mass is 79.9. The summed E-state index contributed by atoms with van der Waals surface area (Å²) in [5, 5.41) is 2.76. The van der Waals surface area contributed by atoms with E-state index in [0.717, 1.165) is 29.3 Å². The largest absolute Gasteiger partial charge is 0.483 e. The van der Waals surface area contributed by atoms with Crippen molar-refractivity contribution in [2.75, 3.05) is 26.3 Å². The fourth-order valence-electron chi connectivity index (χ4n) is 4.65. The van der Waals surface area contributed by atoms with E-state index >= 15 is 0 Å². The summed E-state index contributed by atoms with van der Waals surface area (Å²) in [4.78, 5) is 39.5. The van der Waals surface area contributed by atoms with E-state index in [0.29, 0.717) is 25.4 Å². The maximum atomic E-state index is 13.1. The van der Waals surface area contributed by atoms with E-state index in [1.807, 2.05) is 18.2 Å². The summed E-state index contributed by atoms with van der Waals surface area (Å²) in [6, 6.07) is 4.81. The van der Waals surface area contributed by atoms with Crippen LogP contribution in [0.25, 0.3) is 0 Å². The SMILES string of the molecule is CCCCCCCCCCCCOC(=O)CC1C(=O)NCCN1C(=O)COc1ccc(Br)cc1C(C)(C)C. The minimum absolute atomic E-state index is 0.152. The van der Waals surface area contributed by atoms with E-state index in [9.17, 15) is 14.4 Å². The Morgan fingerprint density at radius 1 is 1.03 bits per heavy atom. The van der Waals surface area contributed by atoms with Gasteiger partial charge in [0.05, 0.1) is 13.0 Å². The molecule has 1 heterocycles. The predicted octanol–water partition coefficient (Wildman–Crippen LogP) is 6.31. The van der Waals surface area contributed by atoms with Gasteiger partial charge in [-0.25, -0.2) is 0 Å². The van der Waals surface area contributed by atoms with Crippen LogP contribution < -0.4 is 10.1 Å². The van der Waals surface area contributed by atoms with Gasteiger partial charge < -0.3 is 19.7 Å². The van der Waals surface area contributed by atoms with Gasteiger partial charge in [0.2, 0.25) is 5.91 Å². The van der Waals surface area contributed by atoms with Crippen LogP contribution in [0.3, 0.4) is 0 Å². The van der Waals surface area contributed by atoms with Crippen molar-refractivity contribution in [3.63, 3.8) is 0 Å². The maximum absolute atomic E-state index is 13.1. The quantitative estimate of drug-likeness (QED) is 0.179. The molecule has 1 N–H and O–H groups in total. The summed E-state index contributed by atoms with van der Waals surface area (Å²) >= 11 is 3.50. The molecule has 2 amide bonds.